The predicted molar refractivity (Wildman–Crippen MR) is 199 cm³/mol. The lowest BCUT2D eigenvalue weighted by Gasteiger charge is -2.24. The number of alkyl carbamates (subject to hydrolysis) is 2. The molecule has 1 saturated carbocycles. The van der Waals surface area contributed by atoms with Gasteiger partial charge < -0.3 is 41.2 Å². The molecule has 1 aliphatic rings. The molecular weight excluding hydrogens is 654 g/mol. The van der Waals surface area contributed by atoms with E-state index in [2.05, 4.69) is 26.6 Å². The predicted octanol–water partition coefficient (Wildman–Crippen LogP) is 5.77. The first kappa shape index (κ1) is 45.9. The zero-order valence-electron chi connectivity index (χ0n) is 32.6. The van der Waals surface area contributed by atoms with Crippen LogP contribution in [-0.2, 0) is 23.9 Å². The standard InChI is InChI=1S/C38H71N5O8/c1-37(2,3)50-35(48)40-25-18-12-10-8-7-9-11-16-23-32(45)42-31(28-44)34(47)43-30(22-17-19-26-41-36(49)51-38(4,5)6)33(46)39-27-24-29-20-14-13-15-21-29/h29-31,44H,7-28H2,1-6H3,(H,39,46)(H,40,48)(H,41,49)(H,42,45)(H,43,47)/t30-,31-/m0/s1. The number of ether oxygens (including phenoxy) is 2. The van der Waals surface area contributed by atoms with E-state index in [0.717, 1.165) is 51.4 Å². The normalized spacial score (nSPS) is 14.9. The van der Waals surface area contributed by atoms with Gasteiger partial charge in [-0.3, -0.25) is 14.4 Å². The van der Waals surface area contributed by atoms with Crippen molar-refractivity contribution in [3.8, 4) is 0 Å². The van der Waals surface area contributed by atoms with E-state index in [4.69, 9.17) is 9.47 Å². The second-order valence-corrected chi connectivity index (χ2v) is 15.9. The molecule has 0 aromatic rings. The first-order valence-electron chi connectivity index (χ1n) is 19.5. The first-order chi connectivity index (χ1) is 24.1. The third kappa shape index (κ3) is 25.5. The summed E-state index contributed by atoms with van der Waals surface area (Å²) in [6.45, 7) is 11.8. The summed E-state index contributed by atoms with van der Waals surface area (Å²) in [7, 11) is 0. The molecule has 0 aliphatic heterocycles. The summed E-state index contributed by atoms with van der Waals surface area (Å²) in [6.07, 6.45) is 15.5. The van der Waals surface area contributed by atoms with E-state index in [1.165, 1.54) is 32.1 Å². The molecule has 2 atom stereocenters. The Labute approximate surface area is 307 Å². The molecule has 0 bridgehead atoms. The Morgan fingerprint density at radius 2 is 1.12 bits per heavy atom. The molecule has 296 valence electrons. The summed E-state index contributed by atoms with van der Waals surface area (Å²) in [5, 5.41) is 23.8. The molecule has 1 fully saturated rings. The summed E-state index contributed by atoms with van der Waals surface area (Å²) in [4.78, 5) is 62.5. The molecule has 6 N–H and O–H groups in total. The Kier molecular flexibility index (Phi) is 23.2. The Morgan fingerprint density at radius 1 is 0.608 bits per heavy atom. The van der Waals surface area contributed by atoms with Crippen LogP contribution in [-0.4, -0.2) is 84.5 Å². The van der Waals surface area contributed by atoms with Crippen molar-refractivity contribution in [1.82, 2.24) is 26.6 Å². The van der Waals surface area contributed by atoms with Crippen LogP contribution in [0.15, 0.2) is 0 Å². The smallest absolute Gasteiger partial charge is 0.407 e. The van der Waals surface area contributed by atoms with Crippen LogP contribution in [0, 0.1) is 5.92 Å². The lowest BCUT2D eigenvalue weighted by molar-refractivity contribution is -0.133. The van der Waals surface area contributed by atoms with Crippen molar-refractivity contribution in [2.45, 2.75) is 180 Å². The average molecular weight is 726 g/mol. The highest BCUT2D eigenvalue weighted by atomic mass is 16.6. The number of rotatable bonds is 24. The maximum atomic E-state index is 13.2. The Hall–Kier alpha value is -3.09. The fraction of sp³-hybridized carbons (Fsp3) is 0.868. The van der Waals surface area contributed by atoms with Crippen molar-refractivity contribution in [3.05, 3.63) is 0 Å². The second kappa shape index (κ2) is 25.8. The number of unbranched alkanes of at least 4 members (excludes halogenated alkanes) is 8. The van der Waals surface area contributed by atoms with Crippen LogP contribution < -0.4 is 26.6 Å². The van der Waals surface area contributed by atoms with E-state index in [1.807, 2.05) is 20.8 Å². The highest BCUT2D eigenvalue weighted by Crippen LogP contribution is 2.25. The van der Waals surface area contributed by atoms with Crippen molar-refractivity contribution in [2.24, 2.45) is 5.92 Å². The van der Waals surface area contributed by atoms with Gasteiger partial charge in [0.2, 0.25) is 17.7 Å². The van der Waals surface area contributed by atoms with E-state index in [0.29, 0.717) is 51.2 Å². The van der Waals surface area contributed by atoms with E-state index in [9.17, 15) is 29.1 Å². The van der Waals surface area contributed by atoms with Gasteiger partial charge in [0.15, 0.2) is 0 Å². The summed E-state index contributed by atoms with van der Waals surface area (Å²) >= 11 is 0. The monoisotopic (exact) mass is 726 g/mol. The molecular formula is C38H71N5O8. The Morgan fingerprint density at radius 3 is 1.65 bits per heavy atom. The van der Waals surface area contributed by atoms with Crippen LogP contribution in [0.2, 0.25) is 0 Å². The number of carbonyl (C=O) groups excluding carboxylic acids is 5. The van der Waals surface area contributed by atoms with Gasteiger partial charge in [0.1, 0.15) is 23.3 Å². The van der Waals surface area contributed by atoms with Crippen molar-refractivity contribution in [1.29, 1.82) is 0 Å². The zero-order valence-corrected chi connectivity index (χ0v) is 32.6. The van der Waals surface area contributed by atoms with Crippen LogP contribution in [0.3, 0.4) is 0 Å². The molecule has 0 radical (unpaired) electrons. The van der Waals surface area contributed by atoms with Gasteiger partial charge in [0.05, 0.1) is 6.61 Å². The van der Waals surface area contributed by atoms with E-state index in [-0.39, 0.29) is 24.3 Å². The second-order valence-electron chi connectivity index (χ2n) is 15.9. The number of carbonyl (C=O) groups is 5. The van der Waals surface area contributed by atoms with E-state index < -0.39 is 41.9 Å². The minimum absolute atomic E-state index is 0.246. The molecule has 51 heavy (non-hydrogen) atoms. The lowest BCUT2D eigenvalue weighted by Crippen LogP contribution is -2.55. The summed E-state index contributed by atoms with van der Waals surface area (Å²) in [5.74, 6) is -0.610. The SMILES string of the molecule is CC(C)(C)OC(=O)NCCCCCCCCCCC(=O)N[C@@H](CO)C(=O)N[C@@H](CCCCNC(=O)OC(C)(C)C)C(=O)NCCC1CCCCC1. The molecule has 1 rings (SSSR count). The molecule has 0 aromatic heterocycles. The number of aliphatic hydroxyl groups excluding tert-OH is 1. The molecule has 5 amide bonds. The fourth-order valence-electron chi connectivity index (χ4n) is 5.95. The van der Waals surface area contributed by atoms with Crippen molar-refractivity contribution in [3.63, 3.8) is 0 Å². The van der Waals surface area contributed by atoms with Crippen LogP contribution in [0.4, 0.5) is 9.59 Å². The fourth-order valence-corrected chi connectivity index (χ4v) is 5.95. The molecule has 0 heterocycles. The van der Waals surface area contributed by atoms with Gasteiger partial charge in [-0.2, -0.15) is 0 Å². The minimum Gasteiger partial charge on any atom is -0.444 e. The van der Waals surface area contributed by atoms with Crippen LogP contribution in [0.25, 0.3) is 0 Å². The van der Waals surface area contributed by atoms with Crippen molar-refractivity contribution in [2.75, 3.05) is 26.2 Å². The maximum absolute atomic E-state index is 13.2. The third-order valence-corrected chi connectivity index (χ3v) is 8.63. The van der Waals surface area contributed by atoms with Gasteiger partial charge in [-0.05, 0) is 86.0 Å². The molecule has 1 aliphatic carbocycles. The van der Waals surface area contributed by atoms with Gasteiger partial charge in [-0.25, -0.2) is 9.59 Å². The molecule has 0 aromatic carbocycles. The van der Waals surface area contributed by atoms with E-state index >= 15 is 0 Å². The number of nitrogens with one attached hydrogen (secondary N) is 5. The average Bonchev–Trinajstić information content (AvgIpc) is 3.04. The zero-order chi connectivity index (χ0) is 38.1. The number of aliphatic hydroxyl groups is 1. The highest BCUT2D eigenvalue weighted by Gasteiger charge is 2.26. The first-order valence-corrected chi connectivity index (χ1v) is 19.5. The number of hydrogen-bond acceptors (Lipinski definition) is 8. The van der Waals surface area contributed by atoms with Gasteiger partial charge in [0, 0.05) is 26.1 Å². The van der Waals surface area contributed by atoms with Gasteiger partial charge in [0.25, 0.3) is 0 Å². The summed E-state index contributed by atoms with van der Waals surface area (Å²) in [6, 6.07) is -1.99. The maximum Gasteiger partial charge on any atom is 0.407 e. The topological polar surface area (TPSA) is 184 Å². The Bertz CT molecular complexity index is 1020. The molecule has 0 spiro atoms. The molecule has 0 unspecified atom stereocenters. The van der Waals surface area contributed by atoms with E-state index in [1.54, 1.807) is 20.8 Å². The van der Waals surface area contributed by atoms with Gasteiger partial charge in [-0.1, -0.05) is 70.6 Å². The number of hydrogen-bond donors (Lipinski definition) is 6. The summed E-state index contributed by atoms with van der Waals surface area (Å²) in [5.41, 5.74) is -1.09. The van der Waals surface area contributed by atoms with Gasteiger partial charge in [-0.15, -0.1) is 0 Å². The quantitative estimate of drug-likeness (QED) is 0.0678. The van der Waals surface area contributed by atoms with Crippen LogP contribution in [0.1, 0.15) is 157 Å². The third-order valence-electron chi connectivity index (χ3n) is 8.63. The Balaban J connectivity index is 2.41. The van der Waals surface area contributed by atoms with Crippen molar-refractivity contribution >= 4 is 29.9 Å². The largest absolute Gasteiger partial charge is 0.444 e. The number of amides is 5. The lowest BCUT2D eigenvalue weighted by atomic mass is 9.87. The van der Waals surface area contributed by atoms with Crippen molar-refractivity contribution < 1.29 is 38.6 Å². The molecule has 13 heteroatoms. The highest BCUT2D eigenvalue weighted by molar-refractivity contribution is 5.92. The molecule has 0 saturated heterocycles. The van der Waals surface area contributed by atoms with Crippen LogP contribution in [0.5, 0.6) is 0 Å². The van der Waals surface area contributed by atoms with Crippen LogP contribution >= 0.6 is 0 Å². The van der Waals surface area contributed by atoms with Gasteiger partial charge >= 0.3 is 12.2 Å². The molecule has 13 nitrogen and oxygen atoms in total. The minimum atomic E-state index is -1.16. The summed E-state index contributed by atoms with van der Waals surface area (Å²) < 4.78 is 10.5.